The van der Waals surface area contributed by atoms with Gasteiger partial charge in [0.05, 0.1) is 18.8 Å². The van der Waals surface area contributed by atoms with E-state index in [1.54, 1.807) is 24.1 Å². The van der Waals surface area contributed by atoms with Crippen LogP contribution >= 0.6 is 0 Å². The van der Waals surface area contributed by atoms with Crippen molar-refractivity contribution in [1.82, 2.24) is 14.7 Å². The fourth-order valence-corrected chi connectivity index (χ4v) is 1.76. The predicted molar refractivity (Wildman–Crippen MR) is 56.0 cm³/mol. The summed E-state index contributed by atoms with van der Waals surface area (Å²) in [6.07, 6.45) is 4.20. The van der Waals surface area contributed by atoms with E-state index < -0.39 is 6.04 Å². The second-order valence-corrected chi connectivity index (χ2v) is 3.99. The number of hydrogen-bond acceptors (Lipinski definition) is 4. The van der Waals surface area contributed by atoms with Gasteiger partial charge in [-0.05, 0) is 6.42 Å². The predicted octanol–water partition coefficient (Wildman–Crippen LogP) is -0.604. The first kappa shape index (κ1) is 10.8. The molecule has 1 atom stereocenters. The SMILES string of the molecule is Cn1cc(CN2C(=O)CCC(N)C2=O)cn1. The van der Waals surface area contributed by atoms with Gasteiger partial charge in [-0.25, -0.2) is 0 Å². The number of aromatic nitrogens is 2. The Morgan fingerprint density at radius 2 is 2.31 bits per heavy atom. The molecule has 0 radical (unpaired) electrons. The zero-order chi connectivity index (χ0) is 11.7. The Hall–Kier alpha value is -1.69. The van der Waals surface area contributed by atoms with Gasteiger partial charge in [0.1, 0.15) is 0 Å². The molecule has 2 amide bonds. The maximum atomic E-state index is 11.7. The zero-order valence-corrected chi connectivity index (χ0v) is 9.09. The molecule has 0 saturated carbocycles. The molecular formula is C10H14N4O2. The smallest absolute Gasteiger partial charge is 0.246 e. The van der Waals surface area contributed by atoms with Crippen LogP contribution < -0.4 is 5.73 Å². The van der Waals surface area contributed by atoms with Gasteiger partial charge in [-0.1, -0.05) is 0 Å². The summed E-state index contributed by atoms with van der Waals surface area (Å²) in [5, 5.41) is 3.99. The summed E-state index contributed by atoms with van der Waals surface area (Å²) in [6, 6.07) is -0.547. The summed E-state index contributed by atoms with van der Waals surface area (Å²) in [5.74, 6) is -0.448. The number of amides is 2. The maximum Gasteiger partial charge on any atom is 0.246 e. The number of carbonyl (C=O) groups excluding carboxylic acids is 2. The molecule has 2 rings (SSSR count). The molecule has 0 aromatic carbocycles. The molecule has 0 spiro atoms. The second-order valence-electron chi connectivity index (χ2n) is 3.99. The number of piperidine rings is 1. The van der Waals surface area contributed by atoms with E-state index in [9.17, 15) is 9.59 Å². The lowest BCUT2D eigenvalue weighted by molar-refractivity contribution is -0.149. The summed E-state index contributed by atoms with van der Waals surface area (Å²) >= 11 is 0. The first-order valence-electron chi connectivity index (χ1n) is 5.15. The summed E-state index contributed by atoms with van der Waals surface area (Å²) in [5.41, 5.74) is 6.46. The Balaban J connectivity index is 2.13. The largest absolute Gasteiger partial charge is 0.320 e. The van der Waals surface area contributed by atoms with E-state index in [2.05, 4.69) is 5.10 Å². The summed E-state index contributed by atoms with van der Waals surface area (Å²) in [6.45, 7) is 0.263. The molecule has 1 aliphatic heterocycles. The van der Waals surface area contributed by atoms with E-state index in [1.165, 1.54) is 4.90 Å². The molecule has 1 saturated heterocycles. The van der Waals surface area contributed by atoms with Gasteiger partial charge < -0.3 is 5.73 Å². The van der Waals surface area contributed by atoms with Crippen molar-refractivity contribution in [2.24, 2.45) is 12.8 Å². The average molecular weight is 222 g/mol. The molecule has 6 heteroatoms. The van der Waals surface area contributed by atoms with Crippen LogP contribution in [0.3, 0.4) is 0 Å². The van der Waals surface area contributed by atoms with Gasteiger partial charge in [-0.15, -0.1) is 0 Å². The molecule has 2 heterocycles. The number of hydrogen-bond donors (Lipinski definition) is 1. The van der Waals surface area contributed by atoms with Crippen LogP contribution in [0.2, 0.25) is 0 Å². The number of rotatable bonds is 2. The highest BCUT2D eigenvalue weighted by Crippen LogP contribution is 2.14. The first-order chi connectivity index (χ1) is 7.58. The summed E-state index contributed by atoms with van der Waals surface area (Å²) in [4.78, 5) is 24.5. The Bertz CT molecular complexity index is 426. The number of imide groups is 1. The highest BCUT2D eigenvalue weighted by atomic mass is 16.2. The van der Waals surface area contributed by atoms with E-state index in [0.29, 0.717) is 12.8 Å². The maximum absolute atomic E-state index is 11.7. The molecule has 1 fully saturated rings. The number of carbonyl (C=O) groups is 2. The van der Waals surface area contributed by atoms with E-state index in [-0.39, 0.29) is 18.4 Å². The van der Waals surface area contributed by atoms with Crippen LogP contribution in [0.4, 0.5) is 0 Å². The van der Waals surface area contributed by atoms with Gasteiger partial charge in [-0.3, -0.25) is 19.2 Å². The standard InChI is InChI=1S/C10H14N4O2/c1-13-5-7(4-12-13)6-14-9(15)3-2-8(11)10(14)16/h4-5,8H,2-3,6,11H2,1H3. The Morgan fingerprint density at radius 3 is 2.94 bits per heavy atom. The molecule has 1 unspecified atom stereocenters. The summed E-state index contributed by atoms with van der Waals surface area (Å²) < 4.78 is 1.63. The van der Waals surface area contributed by atoms with Crippen molar-refractivity contribution >= 4 is 11.8 Å². The van der Waals surface area contributed by atoms with E-state index >= 15 is 0 Å². The molecule has 2 N–H and O–H groups in total. The molecular weight excluding hydrogens is 208 g/mol. The molecule has 0 bridgehead atoms. The number of nitrogens with zero attached hydrogens (tertiary/aromatic N) is 3. The van der Waals surface area contributed by atoms with Crippen molar-refractivity contribution in [3.8, 4) is 0 Å². The molecule has 16 heavy (non-hydrogen) atoms. The lowest BCUT2D eigenvalue weighted by Gasteiger charge is -2.28. The Labute approximate surface area is 93.0 Å². The highest BCUT2D eigenvalue weighted by Gasteiger charge is 2.31. The third-order valence-corrected chi connectivity index (χ3v) is 2.65. The van der Waals surface area contributed by atoms with Crippen LogP contribution in [0.1, 0.15) is 18.4 Å². The molecule has 1 aromatic rings. The molecule has 1 aromatic heterocycles. The van der Waals surface area contributed by atoms with Crippen molar-refractivity contribution < 1.29 is 9.59 Å². The lowest BCUT2D eigenvalue weighted by atomic mass is 10.0. The number of aryl methyl sites for hydroxylation is 1. The number of nitrogens with two attached hydrogens (primary N) is 1. The fourth-order valence-electron chi connectivity index (χ4n) is 1.76. The van der Waals surface area contributed by atoms with Crippen LogP contribution in [-0.4, -0.2) is 32.5 Å². The van der Waals surface area contributed by atoms with Crippen LogP contribution in [0.5, 0.6) is 0 Å². The number of likely N-dealkylation sites (tertiary alicyclic amines) is 1. The topological polar surface area (TPSA) is 81.2 Å². The highest BCUT2D eigenvalue weighted by molar-refractivity contribution is 6.00. The van der Waals surface area contributed by atoms with E-state index in [1.807, 2.05) is 0 Å². The van der Waals surface area contributed by atoms with Crippen molar-refractivity contribution in [3.63, 3.8) is 0 Å². The van der Waals surface area contributed by atoms with Gasteiger partial charge in [-0.2, -0.15) is 5.10 Å². The van der Waals surface area contributed by atoms with Crippen LogP contribution in [0, 0.1) is 0 Å². The zero-order valence-electron chi connectivity index (χ0n) is 9.09. The van der Waals surface area contributed by atoms with Crippen molar-refractivity contribution in [3.05, 3.63) is 18.0 Å². The van der Waals surface area contributed by atoms with E-state index in [4.69, 9.17) is 5.73 Å². The van der Waals surface area contributed by atoms with Gasteiger partial charge in [0.2, 0.25) is 11.8 Å². The van der Waals surface area contributed by atoms with Gasteiger partial charge in [0.15, 0.2) is 0 Å². The monoisotopic (exact) mass is 222 g/mol. The molecule has 1 aliphatic rings. The second kappa shape index (κ2) is 4.05. The lowest BCUT2D eigenvalue weighted by Crippen LogP contribution is -2.50. The van der Waals surface area contributed by atoms with E-state index in [0.717, 1.165) is 5.56 Å². The first-order valence-corrected chi connectivity index (χ1v) is 5.15. The minimum absolute atomic E-state index is 0.157. The third-order valence-electron chi connectivity index (χ3n) is 2.65. The van der Waals surface area contributed by atoms with Crippen LogP contribution in [0.15, 0.2) is 12.4 Å². The fraction of sp³-hybridized carbons (Fsp3) is 0.500. The normalized spacial score (nSPS) is 21.6. The van der Waals surface area contributed by atoms with Gasteiger partial charge in [0.25, 0.3) is 0 Å². The van der Waals surface area contributed by atoms with Gasteiger partial charge >= 0.3 is 0 Å². The minimum atomic E-state index is -0.547. The van der Waals surface area contributed by atoms with Crippen molar-refractivity contribution in [1.29, 1.82) is 0 Å². The van der Waals surface area contributed by atoms with Crippen molar-refractivity contribution in [2.45, 2.75) is 25.4 Å². The molecule has 0 aliphatic carbocycles. The Kier molecular flexibility index (Phi) is 2.74. The Morgan fingerprint density at radius 1 is 1.56 bits per heavy atom. The average Bonchev–Trinajstić information content (AvgIpc) is 2.65. The van der Waals surface area contributed by atoms with Gasteiger partial charge in [0, 0.05) is 25.2 Å². The summed E-state index contributed by atoms with van der Waals surface area (Å²) in [7, 11) is 1.79. The van der Waals surface area contributed by atoms with Crippen LogP contribution in [-0.2, 0) is 23.2 Å². The van der Waals surface area contributed by atoms with Crippen LogP contribution in [0.25, 0.3) is 0 Å². The minimum Gasteiger partial charge on any atom is -0.320 e. The molecule has 6 nitrogen and oxygen atoms in total. The quantitative estimate of drug-likeness (QED) is 0.677. The molecule has 86 valence electrons. The third kappa shape index (κ3) is 1.96. The van der Waals surface area contributed by atoms with Crippen molar-refractivity contribution in [2.75, 3.05) is 0 Å².